The number of nitrogens with zero attached hydrogens (tertiary/aromatic N) is 3. The molecule has 32 heavy (non-hydrogen) atoms. The minimum atomic E-state index is -1.32. The van der Waals surface area contributed by atoms with Crippen LogP contribution in [0.1, 0.15) is 66.9 Å². The van der Waals surface area contributed by atoms with Gasteiger partial charge in [-0.3, -0.25) is 19.2 Å². The quantitative estimate of drug-likeness (QED) is 0.719. The van der Waals surface area contributed by atoms with Gasteiger partial charge < -0.3 is 10.1 Å². The fraction of sp³-hybridized carbons (Fsp3) is 0.478. The number of hydrogen-bond donors (Lipinski definition) is 1. The van der Waals surface area contributed by atoms with Crippen LogP contribution >= 0.6 is 0 Å². The molecule has 2 aromatic rings. The van der Waals surface area contributed by atoms with Crippen LogP contribution < -0.4 is 10.2 Å². The van der Waals surface area contributed by atoms with E-state index in [0.717, 1.165) is 32.1 Å². The van der Waals surface area contributed by atoms with Crippen molar-refractivity contribution in [1.82, 2.24) is 15.1 Å². The molecular formula is C23H27FN4O4. The fourth-order valence-electron chi connectivity index (χ4n) is 4.47. The predicted molar refractivity (Wildman–Crippen MR) is 115 cm³/mol. The Hall–Kier alpha value is -3.23. The van der Waals surface area contributed by atoms with E-state index in [1.807, 2.05) is 0 Å². The van der Waals surface area contributed by atoms with Gasteiger partial charge in [0.15, 0.2) is 5.69 Å². The molecule has 0 saturated heterocycles. The molecule has 4 rings (SSSR count). The van der Waals surface area contributed by atoms with E-state index < -0.39 is 23.2 Å². The first-order valence-electron chi connectivity index (χ1n) is 11.0. The van der Waals surface area contributed by atoms with Gasteiger partial charge in [-0.15, -0.1) is 0 Å². The van der Waals surface area contributed by atoms with Crippen LogP contribution in [0.4, 0.5) is 10.1 Å². The van der Waals surface area contributed by atoms with Crippen molar-refractivity contribution < 1.29 is 23.5 Å². The van der Waals surface area contributed by atoms with Gasteiger partial charge in [-0.2, -0.15) is 5.10 Å². The third-order valence-electron chi connectivity index (χ3n) is 6.15. The molecule has 9 heteroatoms. The minimum absolute atomic E-state index is 0.00574. The van der Waals surface area contributed by atoms with Crippen molar-refractivity contribution in [1.29, 1.82) is 0 Å². The van der Waals surface area contributed by atoms with Gasteiger partial charge in [0.05, 0.1) is 13.2 Å². The van der Waals surface area contributed by atoms with Gasteiger partial charge in [-0.25, -0.2) is 9.18 Å². The summed E-state index contributed by atoms with van der Waals surface area (Å²) in [6, 6.07) is 6.85. The van der Waals surface area contributed by atoms with Crippen molar-refractivity contribution in [3.63, 3.8) is 0 Å². The highest BCUT2D eigenvalue weighted by Crippen LogP contribution is 2.33. The van der Waals surface area contributed by atoms with E-state index >= 15 is 0 Å². The summed E-state index contributed by atoms with van der Waals surface area (Å²) in [6.45, 7) is 3.57. The number of rotatable bonds is 5. The average molecular weight is 442 g/mol. The van der Waals surface area contributed by atoms with Crippen LogP contribution in [0.2, 0.25) is 0 Å². The maximum Gasteiger partial charge on any atom is 0.358 e. The maximum atomic E-state index is 13.6. The number of fused-ring (bicyclic) bond motifs is 1. The number of aromatic nitrogens is 2. The van der Waals surface area contributed by atoms with Crippen molar-refractivity contribution in [3.05, 3.63) is 47.5 Å². The largest absolute Gasteiger partial charge is 0.461 e. The summed E-state index contributed by atoms with van der Waals surface area (Å²) in [4.78, 5) is 40.6. The van der Waals surface area contributed by atoms with Crippen molar-refractivity contribution in [2.75, 3.05) is 11.5 Å². The second-order valence-corrected chi connectivity index (χ2v) is 8.49. The van der Waals surface area contributed by atoms with Crippen molar-refractivity contribution in [3.8, 4) is 0 Å². The highest BCUT2D eigenvalue weighted by molar-refractivity contribution is 6.12. The molecule has 2 heterocycles. The van der Waals surface area contributed by atoms with Crippen LogP contribution in [0.3, 0.4) is 0 Å². The normalized spacial score (nSPS) is 21.2. The monoisotopic (exact) mass is 442 g/mol. The van der Waals surface area contributed by atoms with E-state index in [1.54, 1.807) is 13.8 Å². The van der Waals surface area contributed by atoms with Crippen LogP contribution in [0.15, 0.2) is 30.3 Å². The molecule has 1 aliphatic carbocycles. The Morgan fingerprint density at radius 3 is 2.56 bits per heavy atom. The Morgan fingerprint density at radius 1 is 1.22 bits per heavy atom. The van der Waals surface area contributed by atoms with E-state index in [1.165, 1.54) is 39.9 Å². The summed E-state index contributed by atoms with van der Waals surface area (Å²) in [5, 5.41) is 7.34. The summed E-state index contributed by atoms with van der Waals surface area (Å²) in [5.74, 6) is -1.88. The first kappa shape index (κ1) is 22.0. The Bertz CT molecular complexity index is 1030. The van der Waals surface area contributed by atoms with Crippen molar-refractivity contribution >= 4 is 23.5 Å². The van der Waals surface area contributed by atoms with E-state index in [2.05, 4.69) is 10.4 Å². The Morgan fingerprint density at radius 2 is 1.91 bits per heavy atom. The highest BCUT2D eigenvalue weighted by atomic mass is 19.1. The predicted octanol–water partition coefficient (Wildman–Crippen LogP) is 3.07. The van der Waals surface area contributed by atoms with Gasteiger partial charge in [0.25, 0.3) is 5.91 Å². The van der Waals surface area contributed by atoms with E-state index in [4.69, 9.17) is 4.74 Å². The van der Waals surface area contributed by atoms with Crippen LogP contribution in [0.5, 0.6) is 0 Å². The molecule has 0 spiro atoms. The summed E-state index contributed by atoms with van der Waals surface area (Å²) in [6.07, 6.45) is 5.04. The third kappa shape index (κ3) is 3.99. The summed E-state index contributed by atoms with van der Waals surface area (Å²) in [5.41, 5.74) is -0.758. The van der Waals surface area contributed by atoms with Gasteiger partial charge in [-0.05, 0) is 51.0 Å². The van der Waals surface area contributed by atoms with Gasteiger partial charge in [0, 0.05) is 17.8 Å². The Kier molecular flexibility index (Phi) is 5.99. The minimum Gasteiger partial charge on any atom is -0.461 e. The average Bonchev–Trinajstić information content (AvgIpc) is 3.20. The van der Waals surface area contributed by atoms with Crippen LogP contribution in [0, 0.1) is 5.82 Å². The molecule has 1 aromatic carbocycles. The number of hydrogen-bond acceptors (Lipinski definition) is 5. The van der Waals surface area contributed by atoms with Gasteiger partial charge in [-0.1, -0.05) is 19.3 Å². The lowest BCUT2D eigenvalue weighted by atomic mass is 9.91. The zero-order chi connectivity index (χ0) is 22.9. The summed E-state index contributed by atoms with van der Waals surface area (Å²) < 4.78 is 20.0. The summed E-state index contributed by atoms with van der Waals surface area (Å²) >= 11 is 0. The smallest absolute Gasteiger partial charge is 0.358 e. The number of halogens is 1. The second-order valence-electron chi connectivity index (χ2n) is 8.49. The number of ether oxygens (including phenoxy) is 1. The lowest BCUT2D eigenvalue weighted by Gasteiger charge is -2.44. The summed E-state index contributed by atoms with van der Waals surface area (Å²) in [7, 11) is 0. The Balaban J connectivity index is 1.73. The molecule has 0 radical (unpaired) electrons. The number of anilines is 1. The maximum absolute atomic E-state index is 13.6. The van der Waals surface area contributed by atoms with Gasteiger partial charge >= 0.3 is 5.97 Å². The van der Waals surface area contributed by atoms with E-state index in [-0.39, 0.29) is 36.5 Å². The molecule has 2 aliphatic rings. The molecule has 2 amide bonds. The van der Waals surface area contributed by atoms with E-state index in [9.17, 15) is 18.8 Å². The van der Waals surface area contributed by atoms with E-state index in [0.29, 0.717) is 5.69 Å². The molecule has 170 valence electrons. The van der Waals surface area contributed by atoms with Crippen molar-refractivity contribution in [2.24, 2.45) is 0 Å². The van der Waals surface area contributed by atoms with Gasteiger partial charge in [0.1, 0.15) is 17.1 Å². The zero-order valence-corrected chi connectivity index (χ0v) is 18.3. The SMILES string of the molecule is CCOC(=O)c1cc2n(n1)C[C@](C)(C(=O)NC1CCCCC1)N(c1ccc(F)cc1)C2=O. The molecule has 1 aromatic heterocycles. The number of benzene rings is 1. The number of carbonyl (C=O) groups excluding carboxylic acids is 3. The first-order valence-corrected chi connectivity index (χ1v) is 11.0. The molecule has 0 unspecified atom stereocenters. The topological polar surface area (TPSA) is 93.5 Å². The fourth-order valence-corrected chi connectivity index (χ4v) is 4.47. The number of amides is 2. The lowest BCUT2D eigenvalue weighted by molar-refractivity contribution is -0.127. The third-order valence-corrected chi connectivity index (χ3v) is 6.15. The lowest BCUT2D eigenvalue weighted by Crippen LogP contribution is -2.65. The second kappa shape index (κ2) is 8.72. The zero-order valence-electron chi connectivity index (χ0n) is 18.3. The number of nitrogens with one attached hydrogen (secondary N) is 1. The van der Waals surface area contributed by atoms with Crippen LogP contribution in [-0.4, -0.2) is 45.8 Å². The molecule has 1 fully saturated rings. The van der Waals surface area contributed by atoms with Crippen LogP contribution in [0.25, 0.3) is 0 Å². The first-order chi connectivity index (χ1) is 15.3. The molecule has 1 saturated carbocycles. The molecule has 0 bridgehead atoms. The highest BCUT2D eigenvalue weighted by Gasteiger charge is 2.49. The van der Waals surface area contributed by atoms with Crippen LogP contribution in [-0.2, 0) is 16.1 Å². The Labute approximate surface area is 185 Å². The molecule has 1 atom stereocenters. The van der Waals surface area contributed by atoms with Crippen molar-refractivity contribution in [2.45, 2.75) is 64.1 Å². The molecule has 8 nitrogen and oxygen atoms in total. The standard InChI is InChI=1S/C23H27FN4O4/c1-3-32-21(30)18-13-19-20(29)28(17-11-9-15(24)10-12-17)23(2,14-27(19)26-18)22(31)25-16-7-5-4-6-8-16/h9-13,16H,3-8,14H2,1-2H3,(H,25,31)/t23-/m1/s1. The van der Waals surface area contributed by atoms with Gasteiger partial charge in [0.2, 0.25) is 5.91 Å². The molecule has 1 aliphatic heterocycles. The number of esters is 1. The molecule has 1 N–H and O–H groups in total. The number of carbonyl (C=O) groups is 3. The molecular weight excluding hydrogens is 415 g/mol.